The SMILES string of the molecule is CCC(O)CNS(=O)(=O)c1cccc(C(C)=O)c1. The summed E-state index contributed by atoms with van der Waals surface area (Å²) < 4.78 is 26.1. The van der Waals surface area contributed by atoms with Crippen molar-refractivity contribution in [2.45, 2.75) is 31.3 Å². The van der Waals surface area contributed by atoms with Gasteiger partial charge >= 0.3 is 0 Å². The highest BCUT2D eigenvalue weighted by atomic mass is 32.2. The van der Waals surface area contributed by atoms with E-state index in [1.807, 2.05) is 0 Å². The number of ketones is 1. The van der Waals surface area contributed by atoms with Crippen molar-refractivity contribution in [3.8, 4) is 0 Å². The molecule has 0 aliphatic heterocycles. The Morgan fingerprint density at radius 1 is 1.44 bits per heavy atom. The minimum atomic E-state index is -3.68. The molecule has 5 nitrogen and oxygen atoms in total. The van der Waals surface area contributed by atoms with Gasteiger partial charge in [-0.15, -0.1) is 0 Å². The Bertz CT molecular complexity index is 525. The molecule has 0 spiro atoms. The molecule has 0 aliphatic carbocycles. The molecule has 0 aliphatic rings. The van der Waals surface area contributed by atoms with E-state index in [-0.39, 0.29) is 17.2 Å². The fraction of sp³-hybridized carbons (Fsp3) is 0.417. The van der Waals surface area contributed by atoms with Gasteiger partial charge < -0.3 is 5.11 Å². The standard InChI is InChI=1S/C12H17NO4S/c1-3-11(15)8-13-18(16,17)12-6-4-5-10(7-12)9(2)14/h4-7,11,13,15H,3,8H2,1-2H3. The molecule has 0 saturated heterocycles. The summed E-state index contributed by atoms with van der Waals surface area (Å²) in [5.74, 6) is -0.194. The van der Waals surface area contributed by atoms with Gasteiger partial charge in [0.05, 0.1) is 11.0 Å². The minimum Gasteiger partial charge on any atom is -0.392 e. The van der Waals surface area contributed by atoms with Gasteiger partial charge in [0.2, 0.25) is 10.0 Å². The lowest BCUT2D eigenvalue weighted by Gasteiger charge is -2.10. The molecular weight excluding hydrogens is 254 g/mol. The van der Waals surface area contributed by atoms with Crippen LogP contribution >= 0.6 is 0 Å². The van der Waals surface area contributed by atoms with Crippen molar-refractivity contribution >= 4 is 15.8 Å². The number of nitrogens with one attached hydrogen (secondary N) is 1. The van der Waals surface area contributed by atoms with Gasteiger partial charge in [0.25, 0.3) is 0 Å². The van der Waals surface area contributed by atoms with E-state index in [2.05, 4.69) is 4.72 Å². The van der Waals surface area contributed by atoms with Crippen LogP contribution in [0.25, 0.3) is 0 Å². The van der Waals surface area contributed by atoms with Gasteiger partial charge in [0.1, 0.15) is 0 Å². The van der Waals surface area contributed by atoms with E-state index in [4.69, 9.17) is 0 Å². The van der Waals surface area contributed by atoms with Crippen molar-refractivity contribution in [2.75, 3.05) is 6.54 Å². The second kappa shape index (κ2) is 6.08. The van der Waals surface area contributed by atoms with Crippen LogP contribution in [-0.2, 0) is 10.0 Å². The van der Waals surface area contributed by atoms with Crippen molar-refractivity contribution in [3.63, 3.8) is 0 Å². The molecule has 6 heteroatoms. The molecule has 1 aromatic rings. The molecule has 0 bridgehead atoms. The molecule has 0 amide bonds. The van der Waals surface area contributed by atoms with E-state index in [1.54, 1.807) is 13.0 Å². The van der Waals surface area contributed by atoms with Crippen LogP contribution in [0.2, 0.25) is 0 Å². The van der Waals surface area contributed by atoms with Crippen LogP contribution < -0.4 is 4.72 Å². The summed E-state index contributed by atoms with van der Waals surface area (Å²) in [6.07, 6.45) is -0.244. The molecule has 100 valence electrons. The van der Waals surface area contributed by atoms with E-state index in [0.717, 1.165) is 0 Å². The normalized spacial score (nSPS) is 13.3. The molecule has 18 heavy (non-hydrogen) atoms. The first-order valence-corrected chi connectivity index (χ1v) is 7.14. The number of benzene rings is 1. The summed E-state index contributed by atoms with van der Waals surface area (Å²) in [5, 5.41) is 9.33. The van der Waals surface area contributed by atoms with E-state index in [1.165, 1.54) is 25.1 Å². The lowest BCUT2D eigenvalue weighted by atomic mass is 10.2. The maximum atomic E-state index is 11.9. The Morgan fingerprint density at radius 3 is 2.67 bits per heavy atom. The molecule has 0 aromatic heterocycles. The predicted octanol–water partition coefficient (Wildman–Crippen LogP) is 0.938. The Kier molecular flexibility index (Phi) is 5.01. The minimum absolute atomic E-state index is 0.0264. The molecule has 0 saturated carbocycles. The Morgan fingerprint density at radius 2 is 2.11 bits per heavy atom. The lowest BCUT2D eigenvalue weighted by Crippen LogP contribution is -2.31. The van der Waals surface area contributed by atoms with Crippen molar-refractivity contribution < 1.29 is 18.3 Å². The third-order valence-electron chi connectivity index (χ3n) is 2.53. The summed E-state index contributed by atoms with van der Waals surface area (Å²) >= 11 is 0. The zero-order chi connectivity index (χ0) is 13.8. The Balaban J connectivity index is 2.91. The van der Waals surface area contributed by atoms with E-state index in [9.17, 15) is 18.3 Å². The van der Waals surface area contributed by atoms with Gasteiger partial charge in [0.15, 0.2) is 5.78 Å². The number of sulfonamides is 1. The van der Waals surface area contributed by atoms with Crippen LogP contribution in [0.4, 0.5) is 0 Å². The molecule has 0 heterocycles. The molecule has 0 fully saturated rings. The second-order valence-electron chi connectivity index (χ2n) is 4.00. The zero-order valence-electron chi connectivity index (χ0n) is 10.4. The quantitative estimate of drug-likeness (QED) is 0.754. The lowest BCUT2D eigenvalue weighted by molar-refractivity contribution is 0.101. The molecule has 0 radical (unpaired) electrons. The molecular formula is C12H17NO4S. The van der Waals surface area contributed by atoms with Gasteiger partial charge in [-0.2, -0.15) is 0 Å². The van der Waals surface area contributed by atoms with Crippen LogP contribution in [0, 0.1) is 0 Å². The molecule has 2 N–H and O–H groups in total. The molecule has 1 aromatic carbocycles. The Hall–Kier alpha value is -1.24. The summed E-state index contributed by atoms with van der Waals surface area (Å²) in [6.45, 7) is 3.10. The monoisotopic (exact) mass is 271 g/mol. The first-order valence-electron chi connectivity index (χ1n) is 5.65. The van der Waals surface area contributed by atoms with E-state index < -0.39 is 16.1 Å². The van der Waals surface area contributed by atoms with Gasteiger partial charge in [-0.05, 0) is 25.5 Å². The van der Waals surface area contributed by atoms with Gasteiger partial charge in [-0.3, -0.25) is 4.79 Å². The van der Waals surface area contributed by atoms with Gasteiger partial charge in [0, 0.05) is 12.1 Å². The number of Topliss-reactive ketones (excluding diaryl/α,β-unsaturated/α-hetero) is 1. The maximum absolute atomic E-state index is 11.9. The predicted molar refractivity (Wildman–Crippen MR) is 67.9 cm³/mol. The van der Waals surface area contributed by atoms with Crippen LogP contribution in [0.1, 0.15) is 30.6 Å². The van der Waals surface area contributed by atoms with Crippen molar-refractivity contribution in [1.29, 1.82) is 0 Å². The zero-order valence-corrected chi connectivity index (χ0v) is 11.2. The summed E-state index contributed by atoms with van der Waals surface area (Å²) in [7, 11) is -3.68. The van der Waals surface area contributed by atoms with Crippen molar-refractivity contribution in [1.82, 2.24) is 4.72 Å². The van der Waals surface area contributed by atoms with E-state index >= 15 is 0 Å². The number of carbonyl (C=O) groups excluding carboxylic acids is 1. The van der Waals surface area contributed by atoms with Gasteiger partial charge in [-0.25, -0.2) is 13.1 Å². The number of hydrogen-bond donors (Lipinski definition) is 2. The molecule has 1 atom stereocenters. The first-order chi connectivity index (χ1) is 8.36. The first kappa shape index (κ1) is 14.8. The average Bonchev–Trinajstić information content (AvgIpc) is 2.36. The third kappa shape index (κ3) is 3.90. The summed E-state index contributed by atoms with van der Waals surface area (Å²) in [5.41, 5.74) is 0.342. The van der Waals surface area contributed by atoms with Crippen molar-refractivity contribution in [2.24, 2.45) is 0 Å². The fourth-order valence-corrected chi connectivity index (χ4v) is 2.43. The highest BCUT2D eigenvalue weighted by molar-refractivity contribution is 7.89. The van der Waals surface area contributed by atoms with Crippen molar-refractivity contribution in [3.05, 3.63) is 29.8 Å². The van der Waals surface area contributed by atoms with Crippen LogP contribution in [0.3, 0.4) is 0 Å². The van der Waals surface area contributed by atoms with E-state index in [0.29, 0.717) is 12.0 Å². The number of rotatable bonds is 6. The average molecular weight is 271 g/mol. The topological polar surface area (TPSA) is 83.5 Å². The smallest absolute Gasteiger partial charge is 0.240 e. The largest absolute Gasteiger partial charge is 0.392 e. The summed E-state index contributed by atoms with van der Waals surface area (Å²) in [4.78, 5) is 11.2. The van der Waals surface area contributed by atoms with Crippen LogP contribution in [-0.4, -0.2) is 32.0 Å². The molecule has 1 rings (SSSR count). The highest BCUT2D eigenvalue weighted by Gasteiger charge is 2.16. The second-order valence-corrected chi connectivity index (χ2v) is 5.76. The number of aliphatic hydroxyl groups is 1. The number of carbonyl (C=O) groups is 1. The highest BCUT2D eigenvalue weighted by Crippen LogP contribution is 2.12. The van der Waals surface area contributed by atoms with Crippen LogP contribution in [0.5, 0.6) is 0 Å². The van der Waals surface area contributed by atoms with Gasteiger partial charge in [-0.1, -0.05) is 19.1 Å². The Labute approximate surface area is 107 Å². The number of hydrogen-bond acceptors (Lipinski definition) is 4. The molecule has 1 unspecified atom stereocenters. The maximum Gasteiger partial charge on any atom is 0.240 e. The third-order valence-corrected chi connectivity index (χ3v) is 3.95. The van der Waals surface area contributed by atoms with Crippen LogP contribution in [0.15, 0.2) is 29.2 Å². The summed E-state index contributed by atoms with van der Waals surface area (Å²) in [6, 6.07) is 5.81. The fourth-order valence-electron chi connectivity index (χ4n) is 1.32. The number of aliphatic hydroxyl groups excluding tert-OH is 1.